The fourth-order valence-corrected chi connectivity index (χ4v) is 3.62. The van der Waals surface area contributed by atoms with Gasteiger partial charge in [-0.1, -0.05) is 30.2 Å². The van der Waals surface area contributed by atoms with Gasteiger partial charge in [0, 0.05) is 24.8 Å². The molecule has 1 N–H and O–H groups in total. The first-order chi connectivity index (χ1) is 12.9. The van der Waals surface area contributed by atoms with Crippen LogP contribution in [0.15, 0.2) is 35.9 Å². The predicted molar refractivity (Wildman–Crippen MR) is 111 cm³/mol. The van der Waals surface area contributed by atoms with Gasteiger partial charge in [0.2, 0.25) is 5.91 Å². The molecule has 1 aromatic rings. The van der Waals surface area contributed by atoms with Gasteiger partial charge in [-0.2, -0.15) is 0 Å². The van der Waals surface area contributed by atoms with E-state index in [2.05, 4.69) is 10.8 Å². The van der Waals surface area contributed by atoms with Crippen LogP contribution in [0.4, 0.5) is 4.39 Å². The summed E-state index contributed by atoms with van der Waals surface area (Å²) in [6.45, 7) is 5.00. The van der Waals surface area contributed by atoms with E-state index in [1.165, 1.54) is 18.0 Å². The van der Waals surface area contributed by atoms with Crippen LogP contribution in [-0.2, 0) is 16.0 Å². The Kier molecular flexibility index (Phi) is 8.38. The number of rotatable bonds is 9. The van der Waals surface area contributed by atoms with E-state index in [-0.39, 0.29) is 17.8 Å². The molecule has 0 saturated heterocycles. The van der Waals surface area contributed by atoms with Gasteiger partial charge < -0.3 is 4.74 Å². The SMILES string of the molecule is C/C=C\CCc1ccc(F)cc1C1=C(C)C[C@H](CN(C)CC(=O)NSC)O1. The highest BCUT2D eigenvalue weighted by atomic mass is 32.2. The van der Waals surface area contributed by atoms with Gasteiger partial charge in [-0.05, 0) is 57.0 Å². The number of likely N-dealkylation sites (N-methyl/N-ethyl adjacent to an activating group) is 1. The maximum atomic E-state index is 13.9. The summed E-state index contributed by atoms with van der Waals surface area (Å²) >= 11 is 1.30. The number of nitrogens with one attached hydrogen (secondary N) is 1. The lowest BCUT2D eigenvalue weighted by molar-refractivity contribution is -0.120. The largest absolute Gasteiger partial charge is 0.488 e. The van der Waals surface area contributed by atoms with Crippen LogP contribution in [0.1, 0.15) is 37.8 Å². The third kappa shape index (κ3) is 6.40. The van der Waals surface area contributed by atoms with Crippen molar-refractivity contribution >= 4 is 23.6 Å². The average molecular weight is 393 g/mol. The van der Waals surface area contributed by atoms with Crippen molar-refractivity contribution in [1.29, 1.82) is 0 Å². The zero-order valence-corrected chi connectivity index (χ0v) is 17.4. The van der Waals surface area contributed by atoms with E-state index in [0.29, 0.717) is 13.1 Å². The first kappa shape index (κ1) is 21.5. The highest BCUT2D eigenvalue weighted by molar-refractivity contribution is 7.97. The molecular weight excluding hydrogens is 363 g/mol. The molecule has 0 spiro atoms. The lowest BCUT2D eigenvalue weighted by Crippen LogP contribution is -2.36. The zero-order valence-electron chi connectivity index (χ0n) is 16.5. The summed E-state index contributed by atoms with van der Waals surface area (Å²) in [6.07, 6.45) is 8.48. The monoisotopic (exact) mass is 392 g/mol. The van der Waals surface area contributed by atoms with Gasteiger partial charge in [0.05, 0.1) is 6.54 Å². The molecule has 1 aliphatic rings. The summed E-state index contributed by atoms with van der Waals surface area (Å²) in [5.74, 6) is 0.513. The number of aryl methyl sites for hydroxylation is 1. The van der Waals surface area contributed by atoms with Crippen LogP contribution < -0.4 is 4.72 Å². The van der Waals surface area contributed by atoms with Crippen molar-refractivity contribution in [2.45, 2.75) is 39.2 Å². The van der Waals surface area contributed by atoms with E-state index in [1.807, 2.05) is 44.2 Å². The quantitative estimate of drug-likeness (QED) is 0.506. The van der Waals surface area contributed by atoms with Crippen LogP contribution in [-0.4, -0.2) is 43.3 Å². The molecule has 4 nitrogen and oxygen atoms in total. The van der Waals surface area contributed by atoms with Crippen LogP contribution >= 0.6 is 11.9 Å². The van der Waals surface area contributed by atoms with E-state index >= 15 is 0 Å². The summed E-state index contributed by atoms with van der Waals surface area (Å²) in [4.78, 5) is 13.7. The third-order valence-corrected chi connectivity index (χ3v) is 4.92. The predicted octanol–water partition coefficient (Wildman–Crippen LogP) is 4.18. The minimum absolute atomic E-state index is 0.0238. The standard InChI is InChI=1S/C21H29FN2O2S/c1-5-6-7-8-16-9-10-17(22)12-19(16)21-15(2)11-18(26-21)13-24(3)14-20(25)23-27-4/h5-6,9-10,12,18H,7-8,11,13-14H2,1-4H3,(H,23,25)/b6-5-/t18-/m1/s1. The summed E-state index contributed by atoms with van der Waals surface area (Å²) in [6, 6.07) is 4.93. The highest BCUT2D eigenvalue weighted by Crippen LogP contribution is 2.35. The molecule has 6 heteroatoms. The van der Waals surface area contributed by atoms with E-state index < -0.39 is 0 Å². The Morgan fingerprint density at radius 3 is 2.96 bits per heavy atom. The molecule has 0 saturated carbocycles. The number of halogens is 1. The molecule has 1 amide bonds. The van der Waals surface area contributed by atoms with Crippen molar-refractivity contribution in [3.8, 4) is 0 Å². The van der Waals surface area contributed by atoms with Crippen molar-refractivity contribution in [1.82, 2.24) is 9.62 Å². The van der Waals surface area contributed by atoms with Gasteiger partial charge in [0.25, 0.3) is 0 Å². The van der Waals surface area contributed by atoms with Crippen LogP contribution in [0.2, 0.25) is 0 Å². The van der Waals surface area contributed by atoms with Gasteiger partial charge in [-0.15, -0.1) is 0 Å². The van der Waals surface area contributed by atoms with Crippen LogP contribution in [0.3, 0.4) is 0 Å². The first-order valence-corrected chi connectivity index (χ1v) is 10.4. The molecule has 0 bridgehead atoms. The number of carbonyl (C=O) groups excluding carboxylic acids is 1. The number of hydrogen-bond acceptors (Lipinski definition) is 4. The molecule has 1 aromatic carbocycles. The van der Waals surface area contributed by atoms with E-state index in [9.17, 15) is 9.18 Å². The molecule has 0 radical (unpaired) electrons. The Morgan fingerprint density at radius 1 is 1.48 bits per heavy atom. The second-order valence-corrected chi connectivity index (χ2v) is 7.50. The Bertz CT molecular complexity index is 718. The van der Waals surface area contributed by atoms with Crippen LogP contribution in [0.5, 0.6) is 0 Å². The Balaban J connectivity index is 2.06. The number of benzene rings is 1. The molecule has 0 aromatic heterocycles. The van der Waals surface area contributed by atoms with Crippen molar-refractivity contribution < 1.29 is 13.9 Å². The van der Waals surface area contributed by atoms with Crippen molar-refractivity contribution in [3.05, 3.63) is 52.9 Å². The van der Waals surface area contributed by atoms with Gasteiger partial charge in [-0.3, -0.25) is 14.4 Å². The molecule has 27 heavy (non-hydrogen) atoms. The third-order valence-electron chi connectivity index (χ3n) is 4.48. The summed E-state index contributed by atoms with van der Waals surface area (Å²) < 4.78 is 22.8. The molecule has 148 valence electrons. The highest BCUT2D eigenvalue weighted by Gasteiger charge is 2.27. The molecule has 1 heterocycles. The average Bonchev–Trinajstić information content (AvgIpc) is 2.96. The maximum absolute atomic E-state index is 13.9. The summed E-state index contributed by atoms with van der Waals surface area (Å²) in [5, 5.41) is 0. The fraction of sp³-hybridized carbons (Fsp3) is 0.476. The summed E-state index contributed by atoms with van der Waals surface area (Å²) in [7, 11) is 1.90. The minimum atomic E-state index is -0.252. The minimum Gasteiger partial charge on any atom is -0.488 e. The zero-order chi connectivity index (χ0) is 19.8. The number of ether oxygens (including phenoxy) is 1. The van der Waals surface area contributed by atoms with E-state index in [4.69, 9.17) is 4.74 Å². The molecule has 0 aliphatic carbocycles. The second-order valence-electron chi connectivity index (χ2n) is 6.89. The number of amides is 1. The number of allylic oxidation sites excluding steroid dienone is 2. The first-order valence-electron chi connectivity index (χ1n) is 9.21. The molecule has 1 atom stereocenters. The maximum Gasteiger partial charge on any atom is 0.243 e. The van der Waals surface area contributed by atoms with Gasteiger partial charge >= 0.3 is 0 Å². The Hall–Kier alpha value is -1.79. The van der Waals surface area contributed by atoms with E-state index in [1.54, 1.807) is 6.07 Å². The lowest BCUT2D eigenvalue weighted by atomic mass is 9.98. The van der Waals surface area contributed by atoms with Crippen molar-refractivity contribution in [2.75, 3.05) is 26.4 Å². The van der Waals surface area contributed by atoms with Crippen molar-refractivity contribution in [2.24, 2.45) is 0 Å². The topological polar surface area (TPSA) is 41.6 Å². The van der Waals surface area contributed by atoms with Gasteiger partial charge in [0.1, 0.15) is 17.7 Å². The molecule has 1 aliphatic heterocycles. The number of nitrogens with zero attached hydrogens (tertiary/aromatic N) is 1. The Morgan fingerprint density at radius 2 is 2.26 bits per heavy atom. The van der Waals surface area contributed by atoms with E-state index in [0.717, 1.165) is 41.7 Å². The number of hydrogen-bond donors (Lipinski definition) is 1. The summed E-state index contributed by atoms with van der Waals surface area (Å²) in [5.41, 5.74) is 3.07. The molecule has 2 rings (SSSR count). The lowest BCUT2D eigenvalue weighted by Gasteiger charge is -2.21. The number of carbonyl (C=O) groups is 1. The van der Waals surface area contributed by atoms with Crippen LogP contribution in [0, 0.1) is 5.82 Å². The normalized spacial score (nSPS) is 17.0. The van der Waals surface area contributed by atoms with Gasteiger partial charge in [-0.25, -0.2) is 4.39 Å². The van der Waals surface area contributed by atoms with Crippen molar-refractivity contribution in [3.63, 3.8) is 0 Å². The second kappa shape index (κ2) is 10.5. The molecule has 0 unspecified atom stereocenters. The fourth-order valence-electron chi connectivity index (χ4n) is 3.33. The molecule has 0 fully saturated rings. The van der Waals surface area contributed by atoms with Crippen LogP contribution in [0.25, 0.3) is 5.76 Å². The molecular formula is C21H29FN2O2S. The smallest absolute Gasteiger partial charge is 0.243 e. The van der Waals surface area contributed by atoms with Gasteiger partial charge in [0.15, 0.2) is 0 Å². The Labute approximate surface area is 166 Å².